The molecule has 4 nitrogen and oxygen atoms in total. The van der Waals surface area contributed by atoms with E-state index < -0.39 is 6.10 Å². The highest BCUT2D eigenvalue weighted by atomic mass is 16.5. The first-order valence-corrected chi connectivity index (χ1v) is 9.64. The summed E-state index contributed by atoms with van der Waals surface area (Å²) in [6.45, 7) is 2.45. The summed E-state index contributed by atoms with van der Waals surface area (Å²) in [5, 5.41) is 14.8. The molecule has 29 heavy (non-hydrogen) atoms. The van der Waals surface area contributed by atoms with Crippen molar-refractivity contribution in [2.45, 2.75) is 19.6 Å². The quantitative estimate of drug-likeness (QED) is 0.452. The SMILES string of the molecule is Cc1noc(-c2ccc(-c3ccccc3)cc2)c1[C@@H](O)COCc1ccccc1. The van der Waals surface area contributed by atoms with Crippen LogP contribution in [-0.4, -0.2) is 16.9 Å². The van der Waals surface area contributed by atoms with Crippen molar-refractivity contribution in [1.82, 2.24) is 5.16 Å². The van der Waals surface area contributed by atoms with Crippen LogP contribution in [0.1, 0.15) is 22.9 Å². The first-order chi connectivity index (χ1) is 14.2. The van der Waals surface area contributed by atoms with Crippen LogP contribution in [-0.2, 0) is 11.3 Å². The lowest BCUT2D eigenvalue weighted by molar-refractivity contribution is 0.0275. The monoisotopic (exact) mass is 385 g/mol. The van der Waals surface area contributed by atoms with E-state index in [0.717, 1.165) is 22.3 Å². The molecule has 0 unspecified atom stereocenters. The molecule has 0 aliphatic heterocycles. The molecule has 0 spiro atoms. The Morgan fingerprint density at radius 2 is 1.41 bits per heavy atom. The molecule has 0 saturated heterocycles. The molecule has 0 aliphatic rings. The molecule has 0 saturated carbocycles. The van der Waals surface area contributed by atoms with Gasteiger partial charge in [-0.3, -0.25) is 0 Å². The maximum Gasteiger partial charge on any atom is 0.173 e. The fourth-order valence-corrected chi connectivity index (χ4v) is 3.37. The molecule has 146 valence electrons. The van der Waals surface area contributed by atoms with Gasteiger partial charge in [0, 0.05) is 5.56 Å². The number of hydrogen-bond donors (Lipinski definition) is 1. The fourth-order valence-electron chi connectivity index (χ4n) is 3.37. The molecule has 0 amide bonds. The minimum Gasteiger partial charge on any atom is -0.386 e. The smallest absolute Gasteiger partial charge is 0.173 e. The maximum absolute atomic E-state index is 10.7. The van der Waals surface area contributed by atoms with Crippen molar-refractivity contribution in [2.24, 2.45) is 0 Å². The third-order valence-electron chi connectivity index (χ3n) is 4.88. The average Bonchev–Trinajstić information content (AvgIpc) is 3.16. The molecule has 0 bridgehead atoms. The van der Waals surface area contributed by atoms with E-state index in [4.69, 9.17) is 9.26 Å². The van der Waals surface area contributed by atoms with Crippen LogP contribution in [0.5, 0.6) is 0 Å². The highest BCUT2D eigenvalue weighted by molar-refractivity contribution is 5.69. The molecule has 1 N–H and O–H groups in total. The topological polar surface area (TPSA) is 55.5 Å². The van der Waals surface area contributed by atoms with E-state index in [9.17, 15) is 5.11 Å². The number of ether oxygens (including phenoxy) is 1. The third kappa shape index (κ3) is 4.45. The largest absolute Gasteiger partial charge is 0.386 e. The van der Waals surface area contributed by atoms with Crippen LogP contribution in [0.4, 0.5) is 0 Å². The van der Waals surface area contributed by atoms with Gasteiger partial charge in [0.25, 0.3) is 0 Å². The highest BCUT2D eigenvalue weighted by Gasteiger charge is 2.22. The molecular formula is C25H23NO3. The lowest BCUT2D eigenvalue weighted by Gasteiger charge is -2.12. The van der Waals surface area contributed by atoms with Gasteiger partial charge in [-0.15, -0.1) is 0 Å². The summed E-state index contributed by atoms with van der Waals surface area (Å²) in [4.78, 5) is 0. The second kappa shape index (κ2) is 8.86. The van der Waals surface area contributed by atoms with Crippen LogP contribution >= 0.6 is 0 Å². The molecule has 1 heterocycles. The van der Waals surface area contributed by atoms with E-state index >= 15 is 0 Å². The van der Waals surface area contributed by atoms with E-state index in [-0.39, 0.29) is 6.61 Å². The molecule has 0 radical (unpaired) electrons. The molecular weight excluding hydrogens is 362 g/mol. The summed E-state index contributed by atoms with van der Waals surface area (Å²) in [6, 6.07) is 28.2. The predicted molar refractivity (Wildman–Crippen MR) is 113 cm³/mol. The summed E-state index contributed by atoms with van der Waals surface area (Å²) < 4.78 is 11.3. The van der Waals surface area contributed by atoms with Crippen molar-refractivity contribution in [1.29, 1.82) is 0 Å². The Kier molecular flexibility index (Phi) is 5.84. The number of nitrogens with zero attached hydrogens (tertiary/aromatic N) is 1. The van der Waals surface area contributed by atoms with E-state index in [1.807, 2.05) is 79.7 Å². The Balaban J connectivity index is 1.49. The Bertz CT molecular complexity index is 1040. The fraction of sp³-hybridized carbons (Fsp3) is 0.160. The van der Waals surface area contributed by atoms with Crippen LogP contribution in [0.3, 0.4) is 0 Å². The zero-order valence-electron chi connectivity index (χ0n) is 16.3. The van der Waals surface area contributed by atoms with Gasteiger partial charge in [0.05, 0.1) is 24.5 Å². The summed E-state index contributed by atoms with van der Waals surface area (Å²) in [7, 11) is 0. The minimum atomic E-state index is -0.811. The van der Waals surface area contributed by atoms with Crippen LogP contribution in [0.2, 0.25) is 0 Å². The zero-order chi connectivity index (χ0) is 20.1. The number of aryl methyl sites for hydroxylation is 1. The van der Waals surface area contributed by atoms with Gasteiger partial charge in [0.2, 0.25) is 0 Å². The lowest BCUT2D eigenvalue weighted by Crippen LogP contribution is -2.09. The summed E-state index contributed by atoms with van der Waals surface area (Å²) in [6.07, 6.45) is -0.811. The Labute approximate surface area is 170 Å². The maximum atomic E-state index is 10.7. The van der Waals surface area contributed by atoms with Gasteiger partial charge in [-0.1, -0.05) is 90.1 Å². The van der Waals surface area contributed by atoms with Gasteiger partial charge in [0.1, 0.15) is 6.10 Å². The number of rotatable bonds is 7. The Morgan fingerprint density at radius 3 is 2.10 bits per heavy atom. The molecule has 1 aromatic heterocycles. The van der Waals surface area contributed by atoms with Crippen molar-refractivity contribution >= 4 is 0 Å². The minimum absolute atomic E-state index is 0.173. The Morgan fingerprint density at radius 1 is 0.828 bits per heavy atom. The highest BCUT2D eigenvalue weighted by Crippen LogP contribution is 2.32. The summed E-state index contributed by atoms with van der Waals surface area (Å²) in [5.41, 5.74) is 5.57. The van der Waals surface area contributed by atoms with Gasteiger partial charge in [-0.05, 0) is 23.6 Å². The second-order valence-corrected chi connectivity index (χ2v) is 6.97. The first-order valence-electron chi connectivity index (χ1n) is 9.64. The second-order valence-electron chi connectivity index (χ2n) is 6.97. The van der Waals surface area contributed by atoms with E-state index in [0.29, 0.717) is 23.6 Å². The molecule has 4 rings (SSSR count). The molecule has 4 heteroatoms. The first kappa shape index (κ1) is 19.1. The van der Waals surface area contributed by atoms with E-state index in [2.05, 4.69) is 17.3 Å². The van der Waals surface area contributed by atoms with Crippen molar-refractivity contribution in [3.8, 4) is 22.5 Å². The van der Waals surface area contributed by atoms with Crippen molar-refractivity contribution in [3.63, 3.8) is 0 Å². The molecule has 1 atom stereocenters. The number of aliphatic hydroxyl groups is 1. The number of aromatic nitrogens is 1. The van der Waals surface area contributed by atoms with Crippen LogP contribution in [0, 0.1) is 6.92 Å². The van der Waals surface area contributed by atoms with Gasteiger partial charge < -0.3 is 14.4 Å². The molecule has 3 aromatic carbocycles. The van der Waals surface area contributed by atoms with Gasteiger partial charge >= 0.3 is 0 Å². The van der Waals surface area contributed by atoms with Crippen LogP contribution < -0.4 is 0 Å². The summed E-state index contributed by atoms with van der Waals surface area (Å²) >= 11 is 0. The summed E-state index contributed by atoms with van der Waals surface area (Å²) in [5.74, 6) is 0.581. The van der Waals surface area contributed by atoms with Crippen molar-refractivity contribution in [3.05, 3.63) is 102 Å². The number of benzene rings is 3. The number of hydrogen-bond acceptors (Lipinski definition) is 4. The lowest BCUT2D eigenvalue weighted by atomic mass is 9.99. The normalized spacial score (nSPS) is 12.1. The standard InChI is InChI=1S/C25H23NO3/c1-18-24(23(27)17-28-16-19-8-4-2-5-9-19)25(29-26-18)22-14-12-21(13-15-22)20-10-6-3-7-11-20/h2-15,23,27H,16-17H2,1H3/t23-/m0/s1. The Hall–Kier alpha value is -3.21. The molecule has 4 aromatic rings. The van der Waals surface area contributed by atoms with Crippen LogP contribution in [0.15, 0.2) is 89.5 Å². The van der Waals surface area contributed by atoms with E-state index in [1.165, 1.54) is 0 Å². The average molecular weight is 385 g/mol. The van der Waals surface area contributed by atoms with Crippen LogP contribution in [0.25, 0.3) is 22.5 Å². The van der Waals surface area contributed by atoms with Gasteiger partial charge in [0.15, 0.2) is 5.76 Å². The number of aliphatic hydroxyl groups excluding tert-OH is 1. The van der Waals surface area contributed by atoms with Crippen molar-refractivity contribution in [2.75, 3.05) is 6.61 Å². The molecule has 0 aliphatic carbocycles. The van der Waals surface area contributed by atoms with E-state index in [1.54, 1.807) is 0 Å². The van der Waals surface area contributed by atoms with Gasteiger partial charge in [-0.2, -0.15) is 0 Å². The van der Waals surface area contributed by atoms with Crippen molar-refractivity contribution < 1.29 is 14.4 Å². The third-order valence-corrected chi connectivity index (χ3v) is 4.88. The predicted octanol–water partition coefficient (Wildman–Crippen LogP) is 5.57. The zero-order valence-corrected chi connectivity index (χ0v) is 16.3. The molecule has 0 fully saturated rings. The van der Waals surface area contributed by atoms with Gasteiger partial charge in [-0.25, -0.2) is 0 Å².